The van der Waals surface area contributed by atoms with Crippen molar-refractivity contribution in [1.82, 2.24) is 9.62 Å². The van der Waals surface area contributed by atoms with E-state index in [9.17, 15) is 13.2 Å². The number of ether oxygens (including phenoxy) is 1. The van der Waals surface area contributed by atoms with Crippen molar-refractivity contribution in [3.8, 4) is 5.75 Å². The Balaban J connectivity index is 1.61. The van der Waals surface area contributed by atoms with Crippen LogP contribution in [0.4, 0.5) is 0 Å². The lowest BCUT2D eigenvalue weighted by Crippen LogP contribution is -2.33. The van der Waals surface area contributed by atoms with E-state index in [1.807, 2.05) is 28.8 Å². The normalized spacial score (nSPS) is 11.5. The highest BCUT2D eigenvalue weighted by molar-refractivity contribution is 7.89. The maximum absolute atomic E-state index is 11.5. The zero-order valence-electron chi connectivity index (χ0n) is 15.7. The van der Waals surface area contributed by atoms with Gasteiger partial charge >= 0.3 is 0 Å². The molecule has 0 spiro atoms. The van der Waals surface area contributed by atoms with Crippen LogP contribution in [-0.2, 0) is 21.2 Å². The standard InChI is InChI=1S/C19H26N2O4S2/c1-21(12-10-19(22)20-27(2,23)24)11-4-13-25-17-8-6-16(7-9-17)15-18-5-3-14-26-18/h3,5-9,14H,4,10-13,15H2,1-2H3,(H,20,22). The SMILES string of the molecule is CN(CCCOc1ccc(Cc2cccs2)cc1)CCC(=O)NS(C)(=O)=O. The minimum atomic E-state index is -3.48. The summed E-state index contributed by atoms with van der Waals surface area (Å²) in [6.07, 6.45) is 2.88. The van der Waals surface area contributed by atoms with Crippen molar-refractivity contribution in [3.63, 3.8) is 0 Å². The molecule has 0 aliphatic rings. The lowest BCUT2D eigenvalue weighted by molar-refractivity contribution is -0.119. The van der Waals surface area contributed by atoms with Gasteiger partial charge in [-0.2, -0.15) is 0 Å². The molecule has 0 unspecified atom stereocenters. The zero-order chi connectivity index (χ0) is 19.7. The molecule has 0 bridgehead atoms. The van der Waals surface area contributed by atoms with Gasteiger partial charge in [-0.1, -0.05) is 18.2 Å². The lowest BCUT2D eigenvalue weighted by Gasteiger charge is -2.16. The summed E-state index contributed by atoms with van der Waals surface area (Å²) in [5.41, 5.74) is 1.26. The van der Waals surface area contributed by atoms with E-state index in [1.165, 1.54) is 10.4 Å². The summed E-state index contributed by atoms with van der Waals surface area (Å²) in [5, 5.41) is 2.09. The fraction of sp³-hybridized carbons (Fsp3) is 0.421. The van der Waals surface area contributed by atoms with Crippen molar-refractivity contribution in [2.24, 2.45) is 0 Å². The number of amides is 1. The summed E-state index contributed by atoms with van der Waals surface area (Å²) in [7, 11) is -1.58. The van der Waals surface area contributed by atoms with Crippen LogP contribution in [0, 0.1) is 0 Å². The molecule has 0 saturated heterocycles. The minimum Gasteiger partial charge on any atom is -0.494 e. The van der Waals surface area contributed by atoms with Crippen LogP contribution in [0.5, 0.6) is 5.75 Å². The Hall–Kier alpha value is -1.90. The van der Waals surface area contributed by atoms with Crippen LogP contribution in [0.25, 0.3) is 0 Å². The largest absolute Gasteiger partial charge is 0.494 e. The Kier molecular flexibility index (Phi) is 8.27. The van der Waals surface area contributed by atoms with Gasteiger partial charge in [0.2, 0.25) is 15.9 Å². The molecule has 1 amide bonds. The number of sulfonamides is 1. The number of nitrogens with one attached hydrogen (secondary N) is 1. The first-order valence-electron chi connectivity index (χ1n) is 8.75. The van der Waals surface area contributed by atoms with E-state index in [0.717, 1.165) is 31.4 Å². The fourth-order valence-corrected chi connectivity index (χ4v) is 3.76. The average Bonchev–Trinajstić information content (AvgIpc) is 3.10. The molecule has 0 fully saturated rings. The fourth-order valence-electron chi connectivity index (χ4n) is 2.50. The maximum Gasteiger partial charge on any atom is 0.234 e. The molecule has 0 saturated carbocycles. The Labute approximate surface area is 165 Å². The smallest absolute Gasteiger partial charge is 0.234 e. The van der Waals surface area contributed by atoms with Crippen LogP contribution in [0.15, 0.2) is 41.8 Å². The third-order valence-electron chi connectivity index (χ3n) is 3.85. The first-order chi connectivity index (χ1) is 12.8. The quantitative estimate of drug-likeness (QED) is 0.576. The molecule has 2 rings (SSSR count). The molecule has 1 aromatic carbocycles. The predicted octanol–water partition coefficient (Wildman–Crippen LogP) is 2.51. The van der Waals surface area contributed by atoms with Crippen LogP contribution in [0.3, 0.4) is 0 Å². The second-order valence-corrected chi connectivity index (χ2v) is 9.23. The highest BCUT2D eigenvalue weighted by Crippen LogP contribution is 2.18. The van der Waals surface area contributed by atoms with Gasteiger partial charge in [0.05, 0.1) is 12.9 Å². The maximum atomic E-state index is 11.5. The molecular weight excluding hydrogens is 384 g/mol. The molecular formula is C19H26N2O4S2. The Morgan fingerprint density at radius 2 is 1.93 bits per heavy atom. The van der Waals surface area contributed by atoms with Gasteiger partial charge in [-0.15, -0.1) is 11.3 Å². The Morgan fingerprint density at radius 1 is 1.19 bits per heavy atom. The van der Waals surface area contributed by atoms with E-state index in [4.69, 9.17) is 4.74 Å². The molecule has 0 radical (unpaired) electrons. The van der Waals surface area contributed by atoms with Crippen molar-refractivity contribution < 1.29 is 17.9 Å². The number of thiophene rings is 1. The van der Waals surface area contributed by atoms with Gasteiger partial charge in [0, 0.05) is 30.8 Å². The first-order valence-corrected chi connectivity index (χ1v) is 11.5. The van der Waals surface area contributed by atoms with Gasteiger partial charge in [-0.3, -0.25) is 9.52 Å². The van der Waals surface area contributed by atoms with E-state index in [-0.39, 0.29) is 6.42 Å². The third kappa shape index (κ3) is 9.03. The summed E-state index contributed by atoms with van der Waals surface area (Å²) < 4.78 is 29.7. The average molecular weight is 411 g/mol. The molecule has 6 nitrogen and oxygen atoms in total. The summed E-state index contributed by atoms with van der Waals surface area (Å²) in [5.74, 6) is 0.364. The molecule has 0 aliphatic carbocycles. The van der Waals surface area contributed by atoms with Crippen LogP contribution in [0.2, 0.25) is 0 Å². The van der Waals surface area contributed by atoms with Crippen LogP contribution in [0.1, 0.15) is 23.3 Å². The molecule has 148 valence electrons. The zero-order valence-corrected chi connectivity index (χ0v) is 17.3. The van der Waals surface area contributed by atoms with E-state index in [1.54, 1.807) is 11.3 Å². The summed E-state index contributed by atoms with van der Waals surface area (Å²) in [6.45, 7) is 1.85. The van der Waals surface area contributed by atoms with Gasteiger partial charge < -0.3 is 9.64 Å². The van der Waals surface area contributed by atoms with Crippen molar-refractivity contribution in [1.29, 1.82) is 0 Å². The number of nitrogens with zero attached hydrogens (tertiary/aromatic N) is 1. The number of carbonyl (C=O) groups excluding carboxylic acids is 1. The van der Waals surface area contributed by atoms with Gasteiger partial charge in [0.15, 0.2) is 0 Å². The number of rotatable bonds is 11. The number of hydrogen-bond acceptors (Lipinski definition) is 6. The highest BCUT2D eigenvalue weighted by atomic mass is 32.2. The second-order valence-electron chi connectivity index (χ2n) is 6.45. The van der Waals surface area contributed by atoms with Crippen LogP contribution in [-0.4, -0.2) is 52.2 Å². The van der Waals surface area contributed by atoms with E-state index in [2.05, 4.69) is 29.6 Å². The monoisotopic (exact) mass is 410 g/mol. The van der Waals surface area contributed by atoms with Crippen molar-refractivity contribution in [2.45, 2.75) is 19.3 Å². The number of benzene rings is 1. The van der Waals surface area contributed by atoms with Crippen molar-refractivity contribution in [3.05, 3.63) is 52.2 Å². The molecule has 8 heteroatoms. The summed E-state index contributed by atoms with van der Waals surface area (Å²) >= 11 is 1.76. The summed E-state index contributed by atoms with van der Waals surface area (Å²) in [4.78, 5) is 14.8. The molecule has 0 aliphatic heterocycles. The van der Waals surface area contributed by atoms with Gasteiger partial charge in [0.1, 0.15) is 5.75 Å². The highest BCUT2D eigenvalue weighted by Gasteiger charge is 2.09. The lowest BCUT2D eigenvalue weighted by atomic mass is 10.1. The van der Waals surface area contributed by atoms with Crippen LogP contribution >= 0.6 is 11.3 Å². The molecule has 1 heterocycles. The van der Waals surface area contributed by atoms with E-state index >= 15 is 0 Å². The number of hydrogen-bond donors (Lipinski definition) is 1. The first kappa shape index (κ1) is 21.4. The van der Waals surface area contributed by atoms with Crippen molar-refractivity contribution in [2.75, 3.05) is 33.0 Å². The molecule has 0 atom stereocenters. The van der Waals surface area contributed by atoms with E-state index < -0.39 is 15.9 Å². The Bertz CT molecular complexity index is 803. The Morgan fingerprint density at radius 3 is 2.56 bits per heavy atom. The van der Waals surface area contributed by atoms with Crippen LogP contribution < -0.4 is 9.46 Å². The third-order valence-corrected chi connectivity index (χ3v) is 5.33. The molecule has 1 aromatic heterocycles. The molecule has 1 N–H and O–H groups in total. The number of carbonyl (C=O) groups is 1. The topological polar surface area (TPSA) is 75.7 Å². The second kappa shape index (κ2) is 10.4. The molecule has 2 aromatic rings. The summed E-state index contributed by atoms with van der Waals surface area (Å²) in [6, 6.07) is 12.3. The van der Waals surface area contributed by atoms with Gasteiger partial charge in [-0.25, -0.2) is 8.42 Å². The predicted molar refractivity (Wildman–Crippen MR) is 109 cm³/mol. The van der Waals surface area contributed by atoms with Gasteiger partial charge in [-0.05, 0) is 42.6 Å². The van der Waals surface area contributed by atoms with Gasteiger partial charge in [0.25, 0.3) is 0 Å². The van der Waals surface area contributed by atoms with E-state index in [0.29, 0.717) is 13.2 Å². The molecule has 27 heavy (non-hydrogen) atoms. The minimum absolute atomic E-state index is 0.149. The van der Waals surface area contributed by atoms with Crippen molar-refractivity contribution >= 4 is 27.3 Å².